The molecule has 2 amide bonds. The molecule has 172 valence electrons. The van der Waals surface area contributed by atoms with Crippen LogP contribution >= 0.6 is 35.0 Å². The molecule has 0 fully saturated rings. The van der Waals surface area contributed by atoms with Crippen LogP contribution in [-0.2, 0) is 11.3 Å². The van der Waals surface area contributed by atoms with Gasteiger partial charge in [-0.15, -0.1) is 16.8 Å². The molecule has 3 rings (SSSR count). The van der Waals surface area contributed by atoms with E-state index in [1.807, 2.05) is 18.4 Å². The first-order chi connectivity index (χ1) is 15.8. The fraction of sp³-hybridized carbons (Fsp3) is 0.217. The molecule has 0 saturated heterocycles. The van der Waals surface area contributed by atoms with Crippen LogP contribution < -0.4 is 10.6 Å². The third kappa shape index (κ3) is 6.60. The normalized spacial score (nSPS) is 11.6. The summed E-state index contributed by atoms with van der Waals surface area (Å²) in [5, 5.41) is 15.9. The second-order valence-electron chi connectivity index (χ2n) is 7.24. The van der Waals surface area contributed by atoms with Crippen molar-refractivity contribution in [3.63, 3.8) is 0 Å². The topological polar surface area (TPSA) is 88.9 Å². The summed E-state index contributed by atoms with van der Waals surface area (Å²) in [5.41, 5.74) is 2.03. The lowest BCUT2D eigenvalue weighted by Gasteiger charge is -2.15. The van der Waals surface area contributed by atoms with E-state index in [1.165, 1.54) is 11.8 Å². The van der Waals surface area contributed by atoms with Gasteiger partial charge in [0.1, 0.15) is 0 Å². The Kier molecular flexibility index (Phi) is 8.55. The Balaban J connectivity index is 1.67. The van der Waals surface area contributed by atoms with E-state index < -0.39 is 6.04 Å². The van der Waals surface area contributed by atoms with E-state index in [0.29, 0.717) is 38.8 Å². The number of amides is 2. The first-order valence-electron chi connectivity index (χ1n) is 10.1. The van der Waals surface area contributed by atoms with Gasteiger partial charge in [-0.1, -0.05) is 47.1 Å². The van der Waals surface area contributed by atoms with Crippen molar-refractivity contribution in [1.82, 2.24) is 20.1 Å². The maximum Gasteiger partial charge on any atom is 0.251 e. The van der Waals surface area contributed by atoms with E-state index in [4.69, 9.17) is 23.2 Å². The molecule has 2 N–H and O–H groups in total. The van der Waals surface area contributed by atoms with Crippen LogP contribution in [0.5, 0.6) is 0 Å². The highest BCUT2D eigenvalue weighted by molar-refractivity contribution is 7.99. The molecule has 0 bridgehead atoms. The molecular weight excluding hydrogens is 481 g/mol. The highest BCUT2D eigenvalue weighted by Gasteiger charge is 2.20. The molecule has 1 aromatic heterocycles. The van der Waals surface area contributed by atoms with Crippen LogP contribution in [0.25, 0.3) is 0 Å². The molecule has 2 aromatic carbocycles. The Morgan fingerprint density at radius 1 is 1.18 bits per heavy atom. The molecule has 10 heteroatoms. The van der Waals surface area contributed by atoms with Gasteiger partial charge in [-0.25, -0.2) is 0 Å². The molecule has 7 nitrogen and oxygen atoms in total. The number of thioether (sulfide) groups is 1. The fourth-order valence-electron chi connectivity index (χ4n) is 3.09. The van der Waals surface area contributed by atoms with Gasteiger partial charge in [-0.2, -0.15) is 0 Å². The highest BCUT2D eigenvalue weighted by Crippen LogP contribution is 2.23. The Labute approximate surface area is 206 Å². The minimum atomic E-state index is -0.427. The largest absolute Gasteiger partial charge is 0.342 e. The van der Waals surface area contributed by atoms with Gasteiger partial charge in [0.05, 0.1) is 11.8 Å². The Morgan fingerprint density at radius 2 is 1.94 bits per heavy atom. The van der Waals surface area contributed by atoms with Crippen molar-refractivity contribution >= 4 is 52.5 Å². The number of nitrogens with one attached hydrogen (secondary N) is 2. The third-order valence-electron chi connectivity index (χ3n) is 4.67. The number of nitrogens with zero attached hydrogens (tertiary/aromatic N) is 3. The minimum Gasteiger partial charge on any atom is -0.342 e. The van der Waals surface area contributed by atoms with E-state index in [9.17, 15) is 9.59 Å². The molecule has 1 atom stereocenters. The Hall–Kier alpha value is -2.81. The van der Waals surface area contributed by atoms with Crippen LogP contribution in [0.15, 0.2) is 60.3 Å². The Morgan fingerprint density at radius 3 is 2.64 bits per heavy atom. The summed E-state index contributed by atoms with van der Waals surface area (Å²) in [6.45, 7) is 7.91. The number of carbonyl (C=O) groups excluding carboxylic acids is 2. The van der Waals surface area contributed by atoms with Crippen molar-refractivity contribution in [3.05, 3.63) is 82.1 Å². The van der Waals surface area contributed by atoms with Gasteiger partial charge >= 0.3 is 0 Å². The van der Waals surface area contributed by atoms with Gasteiger partial charge in [-0.05, 0) is 55.8 Å². The molecule has 0 radical (unpaired) electrons. The maximum absolute atomic E-state index is 12.6. The van der Waals surface area contributed by atoms with E-state index in [1.54, 1.807) is 48.5 Å². The van der Waals surface area contributed by atoms with E-state index in [2.05, 4.69) is 27.4 Å². The number of allylic oxidation sites excluding steroid dienone is 1. The number of anilines is 1. The summed E-state index contributed by atoms with van der Waals surface area (Å²) in [5.74, 6) is 0.245. The summed E-state index contributed by atoms with van der Waals surface area (Å²) >= 11 is 13.2. The number of carbonyl (C=O) groups is 2. The number of benzene rings is 2. The number of rotatable bonds is 9. The van der Waals surface area contributed by atoms with Crippen LogP contribution in [-0.4, -0.2) is 32.3 Å². The molecule has 0 aliphatic heterocycles. The first kappa shape index (κ1) is 24.8. The van der Waals surface area contributed by atoms with Crippen molar-refractivity contribution < 1.29 is 9.59 Å². The monoisotopic (exact) mass is 503 g/mol. The lowest BCUT2D eigenvalue weighted by Crippen LogP contribution is -2.28. The predicted molar refractivity (Wildman–Crippen MR) is 133 cm³/mol. The van der Waals surface area contributed by atoms with Crippen LogP contribution in [0.2, 0.25) is 10.0 Å². The zero-order valence-corrected chi connectivity index (χ0v) is 20.5. The SMILES string of the molecule is C=CCn1c(SCC(=O)Nc2ccc(Cl)cc2C)nnc1C(C)NC(=O)c1cccc(Cl)c1. The van der Waals surface area contributed by atoms with Gasteiger partial charge in [0.25, 0.3) is 5.91 Å². The van der Waals surface area contributed by atoms with Crippen molar-refractivity contribution in [2.45, 2.75) is 31.6 Å². The summed E-state index contributed by atoms with van der Waals surface area (Å²) in [6.07, 6.45) is 1.71. The van der Waals surface area contributed by atoms with Gasteiger partial charge in [-0.3, -0.25) is 9.59 Å². The number of halogens is 2. The number of aryl methyl sites for hydroxylation is 1. The van der Waals surface area contributed by atoms with Crippen LogP contribution in [0.3, 0.4) is 0 Å². The molecule has 0 spiro atoms. The minimum absolute atomic E-state index is 0.139. The van der Waals surface area contributed by atoms with Crippen molar-refractivity contribution in [2.75, 3.05) is 11.1 Å². The maximum atomic E-state index is 12.6. The van der Waals surface area contributed by atoms with Crippen LogP contribution in [0, 0.1) is 6.92 Å². The summed E-state index contributed by atoms with van der Waals surface area (Å²) < 4.78 is 1.82. The van der Waals surface area contributed by atoms with E-state index in [0.717, 1.165) is 5.56 Å². The average Bonchev–Trinajstić information content (AvgIpc) is 3.17. The fourth-order valence-corrected chi connectivity index (χ4v) is 4.26. The summed E-state index contributed by atoms with van der Waals surface area (Å²) in [4.78, 5) is 25.0. The molecule has 3 aromatic rings. The van der Waals surface area contributed by atoms with Gasteiger partial charge in [0.15, 0.2) is 11.0 Å². The quantitative estimate of drug-likeness (QED) is 0.305. The van der Waals surface area contributed by atoms with E-state index in [-0.39, 0.29) is 17.6 Å². The van der Waals surface area contributed by atoms with Gasteiger partial charge in [0.2, 0.25) is 5.91 Å². The average molecular weight is 504 g/mol. The molecule has 0 aliphatic rings. The highest BCUT2D eigenvalue weighted by atomic mass is 35.5. The lowest BCUT2D eigenvalue weighted by molar-refractivity contribution is -0.113. The predicted octanol–water partition coefficient (Wildman–Crippen LogP) is 5.30. The van der Waals surface area contributed by atoms with Gasteiger partial charge < -0.3 is 15.2 Å². The van der Waals surface area contributed by atoms with Crippen molar-refractivity contribution in [1.29, 1.82) is 0 Å². The molecular formula is C23H23Cl2N5O2S. The zero-order valence-electron chi connectivity index (χ0n) is 18.1. The van der Waals surface area contributed by atoms with Crippen LogP contribution in [0.1, 0.15) is 34.7 Å². The lowest BCUT2D eigenvalue weighted by atomic mass is 10.2. The molecule has 0 aliphatic carbocycles. The third-order valence-corrected chi connectivity index (χ3v) is 6.11. The van der Waals surface area contributed by atoms with E-state index >= 15 is 0 Å². The summed E-state index contributed by atoms with van der Waals surface area (Å²) in [6, 6.07) is 11.6. The van der Waals surface area contributed by atoms with Crippen molar-refractivity contribution in [3.8, 4) is 0 Å². The Bertz CT molecular complexity index is 1180. The van der Waals surface area contributed by atoms with Gasteiger partial charge in [0, 0.05) is 27.8 Å². The molecule has 0 saturated carbocycles. The van der Waals surface area contributed by atoms with Crippen molar-refractivity contribution in [2.24, 2.45) is 0 Å². The molecule has 1 unspecified atom stereocenters. The first-order valence-corrected chi connectivity index (χ1v) is 11.8. The number of hydrogen-bond acceptors (Lipinski definition) is 5. The number of hydrogen-bond donors (Lipinski definition) is 2. The second-order valence-corrected chi connectivity index (χ2v) is 9.06. The smallest absolute Gasteiger partial charge is 0.251 e. The van der Waals surface area contributed by atoms with Crippen LogP contribution in [0.4, 0.5) is 5.69 Å². The molecule has 33 heavy (non-hydrogen) atoms. The summed E-state index contributed by atoms with van der Waals surface area (Å²) in [7, 11) is 0. The second kappa shape index (κ2) is 11.4. The number of aromatic nitrogens is 3. The standard InChI is InChI=1S/C23H23Cl2N5O2S/c1-4-10-30-21(15(3)26-22(32)16-6-5-7-17(24)12-16)28-29-23(30)33-13-20(31)27-19-9-8-18(25)11-14(19)2/h4-9,11-12,15H,1,10,13H2,2-3H3,(H,26,32)(H,27,31). The zero-order chi connectivity index (χ0) is 24.0. The molecule has 1 heterocycles.